The van der Waals surface area contributed by atoms with Gasteiger partial charge in [-0.2, -0.15) is 0 Å². The molecular weight excluding hydrogens is 242 g/mol. The molecule has 2 heterocycles. The fourth-order valence-electron chi connectivity index (χ4n) is 1.70. The van der Waals surface area contributed by atoms with E-state index in [1.54, 1.807) is 0 Å². The number of thiophene rings is 1. The molecule has 0 spiro atoms. The Morgan fingerprint density at radius 3 is 2.87 bits per heavy atom. The zero-order valence-electron chi connectivity index (χ0n) is 8.65. The van der Waals surface area contributed by atoms with E-state index in [1.807, 2.05) is 23.1 Å². The number of hydrogen-bond acceptors (Lipinski definition) is 3. The third kappa shape index (κ3) is 3.47. The lowest BCUT2D eigenvalue weighted by atomic mass is 10.1. The molecule has 1 aromatic rings. The Balaban J connectivity index is 1.76. The van der Waals surface area contributed by atoms with Gasteiger partial charge in [0.2, 0.25) is 0 Å². The highest BCUT2D eigenvalue weighted by Crippen LogP contribution is 2.22. The SMILES string of the molecule is S=C(SCc1cccs1)N1CCCCC1. The first kappa shape index (κ1) is 11.4. The molecule has 1 aliphatic rings. The van der Waals surface area contributed by atoms with E-state index in [0.29, 0.717) is 0 Å². The molecule has 1 fully saturated rings. The third-order valence-electron chi connectivity index (χ3n) is 2.53. The van der Waals surface area contributed by atoms with E-state index >= 15 is 0 Å². The van der Waals surface area contributed by atoms with Crippen molar-refractivity contribution in [2.75, 3.05) is 13.1 Å². The Kier molecular flexibility index (Phi) is 4.47. The van der Waals surface area contributed by atoms with Gasteiger partial charge in [-0.25, -0.2) is 0 Å². The van der Waals surface area contributed by atoms with Gasteiger partial charge in [0.05, 0.1) is 0 Å². The zero-order valence-corrected chi connectivity index (χ0v) is 11.1. The summed E-state index contributed by atoms with van der Waals surface area (Å²) in [6.07, 6.45) is 3.98. The highest BCUT2D eigenvalue weighted by molar-refractivity contribution is 8.22. The van der Waals surface area contributed by atoms with Crippen molar-refractivity contribution >= 4 is 39.6 Å². The number of hydrogen-bond donors (Lipinski definition) is 0. The van der Waals surface area contributed by atoms with Crippen molar-refractivity contribution in [3.05, 3.63) is 22.4 Å². The predicted octanol–water partition coefficient (Wildman–Crippen LogP) is 3.75. The maximum atomic E-state index is 5.44. The van der Waals surface area contributed by atoms with E-state index < -0.39 is 0 Å². The number of rotatable bonds is 2. The normalized spacial score (nSPS) is 16.7. The van der Waals surface area contributed by atoms with Gasteiger partial charge in [-0.3, -0.25) is 0 Å². The third-order valence-corrected chi connectivity index (χ3v) is 5.16. The van der Waals surface area contributed by atoms with Crippen LogP contribution in [0.2, 0.25) is 0 Å². The molecule has 15 heavy (non-hydrogen) atoms. The molecule has 82 valence electrons. The van der Waals surface area contributed by atoms with E-state index in [0.717, 1.165) is 23.2 Å². The minimum absolute atomic E-state index is 1.03. The van der Waals surface area contributed by atoms with E-state index in [-0.39, 0.29) is 0 Å². The number of thiocarbonyl (C=S) groups is 1. The summed E-state index contributed by atoms with van der Waals surface area (Å²) in [5.41, 5.74) is 0. The summed E-state index contributed by atoms with van der Waals surface area (Å²) in [6, 6.07) is 4.28. The molecule has 0 bridgehead atoms. The Hall–Kier alpha value is -0.0600. The maximum absolute atomic E-state index is 5.44. The molecule has 0 radical (unpaired) electrons. The topological polar surface area (TPSA) is 3.24 Å². The molecule has 1 nitrogen and oxygen atoms in total. The van der Waals surface area contributed by atoms with Crippen LogP contribution in [0, 0.1) is 0 Å². The van der Waals surface area contributed by atoms with Gasteiger partial charge < -0.3 is 4.90 Å². The van der Waals surface area contributed by atoms with Crippen LogP contribution in [-0.4, -0.2) is 22.3 Å². The minimum atomic E-state index is 1.03. The van der Waals surface area contributed by atoms with Crippen LogP contribution in [0.3, 0.4) is 0 Å². The Morgan fingerprint density at radius 1 is 1.40 bits per heavy atom. The van der Waals surface area contributed by atoms with Crippen molar-refractivity contribution < 1.29 is 0 Å². The molecule has 0 aromatic carbocycles. The molecule has 0 saturated carbocycles. The summed E-state index contributed by atoms with van der Waals surface area (Å²) in [6.45, 7) is 2.33. The van der Waals surface area contributed by atoms with Gasteiger partial charge >= 0.3 is 0 Å². The van der Waals surface area contributed by atoms with Crippen LogP contribution in [0.1, 0.15) is 24.1 Å². The molecule has 0 N–H and O–H groups in total. The molecule has 1 saturated heterocycles. The Bertz CT molecular complexity index is 302. The summed E-state index contributed by atoms with van der Waals surface area (Å²) in [4.78, 5) is 3.77. The van der Waals surface area contributed by atoms with Crippen LogP contribution >= 0.6 is 35.3 Å². The monoisotopic (exact) mass is 257 g/mol. The summed E-state index contributed by atoms with van der Waals surface area (Å²) in [5.74, 6) is 1.03. The lowest BCUT2D eigenvalue weighted by molar-refractivity contribution is 0.352. The highest BCUT2D eigenvalue weighted by Gasteiger charge is 2.13. The van der Waals surface area contributed by atoms with Gasteiger partial charge in [0.25, 0.3) is 0 Å². The van der Waals surface area contributed by atoms with E-state index in [2.05, 4.69) is 22.4 Å². The van der Waals surface area contributed by atoms with E-state index in [4.69, 9.17) is 12.2 Å². The van der Waals surface area contributed by atoms with E-state index in [9.17, 15) is 0 Å². The van der Waals surface area contributed by atoms with Crippen molar-refractivity contribution in [2.45, 2.75) is 25.0 Å². The molecule has 0 aliphatic carbocycles. The van der Waals surface area contributed by atoms with Gasteiger partial charge in [0.15, 0.2) is 0 Å². The maximum Gasteiger partial charge on any atom is 0.136 e. The second kappa shape index (κ2) is 5.87. The standard InChI is InChI=1S/C11H15NS3/c13-11(12-6-2-1-3-7-12)15-9-10-5-4-8-14-10/h4-5,8H,1-3,6-7,9H2. The van der Waals surface area contributed by atoms with Crippen molar-refractivity contribution in [1.82, 2.24) is 4.90 Å². The van der Waals surface area contributed by atoms with Crippen molar-refractivity contribution in [1.29, 1.82) is 0 Å². The fourth-order valence-corrected chi connectivity index (χ4v) is 3.72. The highest BCUT2D eigenvalue weighted by atomic mass is 32.2. The Labute approximate surface area is 105 Å². The van der Waals surface area contributed by atoms with Crippen LogP contribution in [0.25, 0.3) is 0 Å². The van der Waals surface area contributed by atoms with Crippen LogP contribution in [0.15, 0.2) is 17.5 Å². The fraction of sp³-hybridized carbons (Fsp3) is 0.545. The van der Waals surface area contributed by atoms with Gasteiger partial charge in [-0.15, -0.1) is 11.3 Å². The molecule has 1 aromatic heterocycles. The summed E-state index contributed by atoms with van der Waals surface area (Å²) >= 11 is 9.06. The van der Waals surface area contributed by atoms with Gasteiger partial charge in [-0.1, -0.05) is 30.0 Å². The first-order valence-electron chi connectivity index (χ1n) is 5.30. The smallest absolute Gasteiger partial charge is 0.136 e. The predicted molar refractivity (Wildman–Crippen MR) is 73.6 cm³/mol. The van der Waals surface area contributed by atoms with Crippen molar-refractivity contribution in [3.8, 4) is 0 Å². The van der Waals surface area contributed by atoms with Gasteiger partial charge in [0.1, 0.15) is 4.32 Å². The van der Waals surface area contributed by atoms with Gasteiger partial charge in [0, 0.05) is 23.7 Å². The minimum Gasteiger partial charge on any atom is -0.358 e. The Morgan fingerprint density at radius 2 is 2.20 bits per heavy atom. The largest absolute Gasteiger partial charge is 0.358 e. The molecule has 2 rings (SSSR count). The van der Waals surface area contributed by atoms with Crippen molar-refractivity contribution in [3.63, 3.8) is 0 Å². The summed E-state index contributed by atoms with van der Waals surface area (Å²) in [7, 11) is 0. The van der Waals surface area contributed by atoms with Crippen LogP contribution in [0.4, 0.5) is 0 Å². The number of piperidine rings is 1. The first-order chi connectivity index (χ1) is 7.36. The lowest BCUT2D eigenvalue weighted by Gasteiger charge is -2.28. The summed E-state index contributed by atoms with van der Waals surface area (Å²) < 4.78 is 1.09. The first-order valence-corrected chi connectivity index (χ1v) is 7.58. The number of likely N-dealkylation sites (tertiary alicyclic amines) is 1. The zero-order chi connectivity index (χ0) is 10.5. The lowest BCUT2D eigenvalue weighted by Crippen LogP contribution is -2.32. The van der Waals surface area contributed by atoms with Gasteiger partial charge in [-0.05, 0) is 30.7 Å². The van der Waals surface area contributed by atoms with Crippen LogP contribution < -0.4 is 0 Å². The second-order valence-corrected chi connectivity index (χ2v) is 6.32. The quantitative estimate of drug-likeness (QED) is 0.743. The summed E-state index contributed by atoms with van der Waals surface area (Å²) in [5, 5.41) is 2.12. The van der Waals surface area contributed by atoms with Crippen LogP contribution in [0.5, 0.6) is 0 Å². The average molecular weight is 257 g/mol. The average Bonchev–Trinajstić information content (AvgIpc) is 2.80. The van der Waals surface area contributed by atoms with Crippen LogP contribution in [-0.2, 0) is 5.75 Å². The second-order valence-electron chi connectivity index (χ2n) is 3.68. The number of nitrogens with zero attached hydrogens (tertiary/aromatic N) is 1. The number of thioether (sulfide) groups is 1. The van der Waals surface area contributed by atoms with E-state index in [1.165, 1.54) is 24.1 Å². The molecule has 1 aliphatic heterocycles. The molecule has 4 heteroatoms. The molecule has 0 unspecified atom stereocenters. The molecule has 0 amide bonds. The van der Waals surface area contributed by atoms with Crippen molar-refractivity contribution in [2.24, 2.45) is 0 Å². The molecule has 0 atom stereocenters. The molecular formula is C11H15NS3.